The van der Waals surface area contributed by atoms with Gasteiger partial charge in [0.25, 0.3) is 0 Å². The van der Waals surface area contributed by atoms with Crippen LogP contribution in [0.4, 0.5) is 4.39 Å². The van der Waals surface area contributed by atoms with Crippen molar-refractivity contribution in [1.82, 2.24) is 10.6 Å². The molecule has 0 saturated heterocycles. The molecule has 4 nitrogen and oxygen atoms in total. The maximum atomic E-state index is 12.9. The number of hydrogen-bond donors (Lipinski definition) is 3. The molecule has 0 aliphatic heterocycles. The summed E-state index contributed by atoms with van der Waals surface area (Å²) in [7, 11) is 1.57. The second-order valence-electron chi connectivity index (χ2n) is 3.70. The fourth-order valence-electron chi connectivity index (χ4n) is 1.40. The number of benzene rings is 1. The number of aliphatic hydroxyl groups is 1. The maximum Gasteiger partial charge on any atom is 0.221 e. The molecule has 1 unspecified atom stereocenters. The van der Waals surface area contributed by atoms with Crippen molar-refractivity contribution < 1.29 is 14.3 Å². The zero-order valence-electron chi connectivity index (χ0n) is 9.74. The maximum absolute atomic E-state index is 12.9. The topological polar surface area (TPSA) is 61.4 Å². The third kappa shape index (κ3) is 4.93. The van der Waals surface area contributed by atoms with E-state index in [-0.39, 0.29) is 11.7 Å². The van der Waals surface area contributed by atoms with Crippen LogP contribution in [0.15, 0.2) is 24.3 Å². The van der Waals surface area contributed by atoms with E-state index in [4.69, 9.17) is 0 Å². The predicted molar refractivity (Wildman–Crippen MR) is 62.9 cm³/mol. The molecule has 0 aromatic heterocycles. The molecular formula is C12H17FN2O2. The van der Waals surface area contributed by atoms with Gasteiger partial charge in [0.15, 0.2) is 0 Å². The highest BCUT2D eigenvalue weighted by atomic mass is 19.1. The zero-order chi connectivity index (χ0) is 12.7. The Bertz CT molecular complexity index is 371. The van der Waals surface area contributed by atoms with Crippen molar-refractivity contribution in [3.05, 3.63) is 35.6 Å². The molecule has 0 spiro atoms. The molecule has 17 heavy (non-hydrogen) atoms. The normalized spacial score (nSPS) is 12.2. The lowest BCUT2D eigenvalue weighted by molar-refractivity contribution is -0.120. The molecule has 0 bridgehead atoms. The Morgan fingerprint density at radius 1 is 1.53 bits per heavy atom. The minimum absolute atomic E-state index is 0.0576. The van der Waals surface area contributed by atoms with Gasteiger partial charge in [-0.2, -0.15) is 0 Å². The minimum atomic E-state index is -0.768. The third-order valence-corrected chi connectivity index (χ3v) is 2.38. The Kier molecular flexibility index (Phi) is 5.59. The largest absolute Gasteiger partial charge is 0.387 e. The van der Waals surface area contributed by atoms with Crippen LogP contribution in [0.1, 0.15) is 18.1 Å². The lowest BCUT2D eigenvalue weighted by Crippen LogP contribution is -2.27. The predicted octanol–water partition coefficient (Wildman–Crippen LogP) is 0.585. The van der Waals surface area contributed by atoms with Crippen molar-refractivity contribution in [3.63, 3.8) is 0 Å². The highest BCUT2D eigenvalue weighted by molar-refractivity contribution is 5.75. The van der Waals surface area contributed by atoms with E-state index in [0.29, 0.717) is 25.1 Å². The second-order valence-corrected chi connectivity index (χ2v) is 3.70. The standard InChI is InChI=1S/C12H17FN2O2/c1-14-12(17)5-6-15-8-11(16)9-3-2-4-10(13)7-9/h2-4,7,11,15-16H,5-6,8H2,1H3,(H,14,17). The molecule has 0 fully saturated rings. The summed E-state index contributed by atoms with van der Waals surface area (Å²) in [5, 5.41) is 15.2. The second kappa shape index (κ2) is 6.98. The molecule has 1 aromatic carbocycles. The number of carbonyl (C=O) groups excluding carboxylic acids is 1. The quantitative estimate of drug-likeness (QED) is 0.638. The molecule has 1 rings (SSSR count). The van der Waals surface area contributed by atoms with E-state index in [0.717, 1.165) is 0 Å². The van der Waals surface area contributed by atoms with Gasteiger partial charge in [0, 0.05) is 26.6 Å². The first-order valence-electron chi connectivity index (χ1n) is 5.48. The summed E-state index contributed by atoms with van der Waals surface area (Å²) >= 11 is 0. The van der Waals surface area contributed by atoms with E-state index < -0.39 is 6.10 Å². The Morgan fingerprint density at radius 3 is 2.94 bits per heavy atom. The highest BCUT2D eigenvalue weighted by Crippen LogP contribution is 2.12. The van der Waals surface area contributed by atoms with Crippen LogP contribution in [0.2, 0.25) is 0 Å². The van der Waals surface area contributed by atoms with Gasteiger partial charge < -0.3 is 15.7 Å². The van der Waals surface area contributed by atoms with Crippen molar-refractivity contribution in [3.8, 4) is 0 Å². The number of aliphatic hydroxyl groups excluding tert-OH is 1. The fraction of sp³-hybridized carbons (Fsp3) is 0.417. The summed E-state index contributed by atoms with van der Waals surface area (Å²) in [6, 6.07) is 5.84. The van der Waals surface area contributed by atoms with Gasteiger partial charge in [0.05, 0.1) is 6.10 Å². The average molecular weight is 240 g/mol. The number of amides is 1. The summed E-state index contributed by atoms with van der Waals surface area (Å²) in [4.78, 5) is 10.9. The van der Waals surface area contributed by atoms with Gasteiger partial charge in [-0.3, -0.25) is 4.79 Å². The van der Waals surface area contributed by atoms with Gasteiger partial charge in [0.2, 0.25) is 5.91 Å². The summed E-state index contributed by atoms with van der Waals surface area (Å²) in [6.07, 6.45) is -0.415. The lowest BCUT2D eigenvalue weighted by atomic mass is 10.1. The van der Waals surface area contributed by atoms with Crippen molar-refractivity contribution in [2.75, 3.05) is 20.1 Å². The zero-order valence-corrected chi connectivity index (χ0v) is 9.74. The van der Waals surface area contributed by atoms with Gasteiger partial charge in [-0.1, -0.05) is 12.1 Å². The van der Waals surface area contributed by atoms with Crippen LogP contribution in [0, 0.1) is 5.82 Å². The van der Waals surface area contributed by atoms with Crippen LogP contribution in [-0.4, -0.2) is 31.2 Å². The first-order valence-corrected chi connectivity index (χ1v) is 5.48. The highest BCUT2D eigenvalue weighted by Gasteiger charge is 2.07. The summed E-state index contributed by atoms with van der Waals surface area (Å²) < 4.78 is 12.9. The molecule has 0 aliphatic carbocycles. The van der Waals surface area contributed by atoms with E-state index in [1.54, 1.807) is 19.2 Å². The van der Waals surface area contributed by atoms with Crippen molar-refractivity contribution in [2.45, 2.75) is 12.5 Å². The molecule has 0 radical (unpaired) electrons. The van der Waals surface area contributed by atoms with Crippen molar-refractivity contribution in [1.29, 1.82) is 0 Å². The molecule has 1 atom stereocenters. The van der Waals surface area contributed by atoms with Gasteiger partial charge in [0.1, 0.15) is 5.82 Å². The number of halogens is 1. The van der Waals surface area contributed by atoms with Gasteiger partial charge in [-0.15, -0.1) is 0 Å². The summed E-state index contributed by atoms with van der Waals surface area (Å²) in [5.74, 6) is -0.426. The Balaban J connectivity index is 2.30. The first kappa shape index (κ1) is 13.6. The average Bonchev–Trinajstić information content (AvgIpc) is 2.34. The molecule has 0 heterocycles. The van der Waals surface area contributed by atoms with Crippen molar-refractivity contribution >= 4 is 5.91 Å². The van der Waals surface area contributed by atoms with Gasteiger partial charge in [-0.05, 0) is 17.7 Å². The van der Waals surface area contributed by atoms with Crippen LogP contribution < -0.4 is 10.6 Å². The Hall–Kier alpha value is -1.46. The lowest BCUT2D eigenvalue weighted by Gasteiger charge is -2.12. The third-order valence-electron chi connectivity index (χ3n) is 2.38. The molecule has 0 saturated carbocycles. The van der Waals surface area contributed by atoms with Gasteiger partial charge >= 0.3 is 0 Å². The number of nitrogens with one attached hydrogen (secondary N) is 2. The summed E-state index contributed by atoms with van der Waals surface area (Å²) in [5.41, 5.74) is 0.525. The molecule has 3 N–H and O–H groups in total. The Morgan fingerprint density at radius 2 is 2.29 bits per heavy atom. The smallest absolute Gasteiger partial charge is 0.221 e. The van der Waals surface area contributed by atoms with Crippen LogP contribution in [0.25, 0.3) is 0 Å². The van der Waals surface area contributed by atoms with Crippen LogP contribution in [-0.2, 0) is 4.79 Å². The van der Waals surface area contributed by atoms with E-state index >= 15 is 0 Å². The van der Waals surface area contributed by atoms with Crippen LogP contribution in [0.3, 0.4) is 0 Å². The monoisotopic (exact) mass is 240 g/mol. The number of rotatable bonds is 6. The minimum Gasteiger partial charge on any atom is -0.387 e. The van der Waals surface area contributed by atoms with Gasteiger partial charge in [-0.25, -0.2) is 4.39 Å². The van der Waals surface area contributed by atoms with Crippen LogP contribution >= 0.6 is 0 Å². The first-order chi connectivity index (χ1) is 8.13. The molecule has 94 valence electrons. The fourth-order valence-corrected chi connectivity index (χ4v) is 1.40. The molecule has 1 aromatic rings. The SMILES string of the molecule is CNC(=O)CCNCC(O)c1cccc(F)c1. The van der Waals surface area contributed by atoms with E-state index in [1.165, 1.54) is 12.1 Å². The molecular weight excluding hydrogens is 223 g/mol. The Labute approximate surface area is 99.8 Å². The molecule has 5 heteroatoms. The van der Waals surface area contributed by atoms with E-state index in [2.05, 4.69) is 10.6 Å². The van der Waals surface area contributed by atoms with E-state index in [1.807, 2.05) is 0 Å². The number of hydrogen-bond acceptors (Lipinski definition) is 3. The molecule has 1 amide bonds. The summed E-state index contributed by atoms with van der Waals surface area (Å²) in [6.45, 7) is 0.770. The van der Waals surface area contributed by atoms with Crippen LogP contribution in [0.5, 0.6) is 0 Å². The van der Waals surface area contributed by atoms with E-state index in [9.17, 15) is 14.3 Å². The molecule has 0 aliphatic rings. The number of carbonyl (C=O) groups is 1. The van der Waals surface area contributed by atoms with Crippen molar-refractivity contribution in [2.24, 2.45) is 0 Å².